The van der Waals surface area contributed by atoms with Crippen LogP contribution >= 0.6 is 0 Å². The number of H-pyrrole nitrogens is 1. The average molecular weight is 646 g/mol. The number of rotatable bonds is 7. The van der Waals surface area contributed by atoms with Gasteiger partial charge in [0.2, 0.25) is 5.78 Å². The summed E-state index contributed by atoms with van der Waals surface area (Å²) in [7, 11) is 1.65. The molecule has 0 unspecified atom stereocenters. The number of alkyl halides is 2. The Morgan fingerprint density at radius 3 is 2.62 bits per heavy atom. The predicted molar refractivity (Wildman–Crippen MR) is 178 cm³/mol. The van der Waals surface area contributed by atoms with Crippen molar-refractivity contribution in [2.45, 2.75) is 51.0 Å². The van der Waals surface area contributed by atoms with Crippen molar-refractivity contribution in [2.24, 2.45) is 0 Å². The molecule has 47 heavy (non-hydrogen) atoms. The molecule has 5 heterocycles. The molecule has 0 bridgehead atoms. The fourth-order valence-corrected chi connectivity index (χ4v) is 6.67. The van der Waals surface area contributed by atoms with Crippen LogP contribution in [0.15, 0.2) is 61.1 Å². The van der Waals surface area contributed by atoms with Gasteiger partial charge in [-0.25, -0.2) is 23.5 Å². The number of hydrogen-bond donors (Lipinski definition) is 2. The highest BCUT2D eigenvalue weighted by molar-refractivity contribution is 6.15. The molecule has 248 valence electrons. The smallest absolute Gasteiger partial charge is 0.322 e. The maximum Gasteiger partial charge on any atom is 0.322 e. The number of carbonyl (C=O) groups is 2. The van der Waals surface area contributed by atoms with Crippen LogP contribution in [0.5, 0.6) is 5.75 Å². The van der Waals surface area contributed by atoms with E-state index in [2.05, 4.69) is 25.2 Å². The molecular weight excluding hydrogens is 604 g/mol. The lowest BCUT2D eigenvalue weighted by Crippen LogP contribution is -2.49. The lowest BCUT2D eigenvalue weighted by Gasteiger charge is -2.38. The number of aromatic amines is 1. The molecule has 2 N–H and O–H groups in total. The number of piperidine rings is 1. The molecule has 3 aliphatic heterocycles. The van der Waals surface area contributed by atoms with E-state index in [1.807, 2.05) is 59.2 Å². The number of anilines is 2. The maximum absolute atomic E-state index is 13.2. The molecule has 3 aliphatic rings. The summed E-state index contributed by atoms with van der Waals surface area (Å²) >= 11 is 0. The van der Waals surface area contributed by atoms with Crippen LogP contribution in [0, 0.1) is 0 Å². The molecule has 0 atom stereocenters. The number of nitrogens with one attached hydrogen (secondary N) is 2. The van der Waals surface area contributed by atoms with E-state index in [0.29, 0.717) is 24.3 Å². The SMILES string of the molecule is CCCN1CCC(F)(F)C1.COc1ccc2c(c1)CCN(C1CCN(c3cc(C(=O)c4c[nH]c5ccccc45)ncn3)CC1)C(=O)N2. The summed E-state index contributed by atoms with van der Waals surface area (Å²) in [5.74, 6) is -1.01. The van der Waals surface area contributed by atoms with Crippen molar-refractivity contribution in [1.29, 1.82) is 0 Å². The van der Waals surface area contributed by atoms with Gasteiger partial charge in [-0.05, 0) is 62.1 Å². The first-order valence-electron chi connectivity index (χ1n) is 16.3. The molecule has 2 aromatic heterocycles. The van der Waals surface area contributed by atoms with E-state index in [1.54, 1.807) is 19.4 Å². The maximum atomic E-state index is 13.2. The summed E-state index contributed by atoms with van der Waals surface area (Å²) in [6, 6.07) is 15.3. The summed E-state index contributed by atoms with van der Waals surface area (Å²) in [6.45, 7) is 5.51. The molecule has 2 fully saturated rings. The van der Waals surface area contributed by atoms with Gasteiger partial charge in [-0.1, -0.05) is 25.1 Å². The second-order valence-electron chi connectivity index (χ2n) is 12.3. The quantitative estimate of drug-likeness (QED) is 0.238. The minimum absolute atomic E-state index is 0.0269. The number of fused-ring (bicyclic) bond motifs is 2. The molecule has 0 radical (unpaired) electrons. The lowest BCUT2D eigenvalue weighted by atomic mass is 10.0. The summed E-state index contributed by atoms with van der Waals surface area (Å²) in [6.07, 6.45) is 6.63. The van der Waals surface area contributed by atoms with E-state index in [1.165, 1.54) is 6.33 Å². The van der Waals surface area contributed by atoms with Crippen LogP contribution in [0.3, 0.4) is 0 Å². The normalized spacial score (nSPS) is 18.3. The minimum Gasteiger partial charge on any atom is -0.497 e. The molecule has 2 aromatic carbocycles. The van der Waals surface area contributed by atoms with Crippen molar-refractivity contribution in [3.05, 3.63) is 77.9 Å². The third-order valence-electron chi connectivity index (χ3n) is 9.17. The van der Waals surface area contributed by atoms with Crippen molar-refractivity contribution in [3.8, 4) is 5.75 Å². The minimum atomic E-state index is -2.41. The number of amides is 2. The van der Waals surface area contributed by atoms with Gasteiger partial charge in [0.05, 0.1) is 13.7 Å². The molecule has 2 saturated heterocycles. The first-order valence-corrected chi connectivity index (χ1v) is 16.3. The van der Waals surface area contributed by atoms with E-state index >= 15 is 0 Å². The fraction of sp³-hybridized carbons (Fsp3) is 0.429. The highest BCUT2D eigenvalue weighted by Crippen LogP contribution is 2.29. The number of likely N-dealkylation sites (tertiary alicyclic amines) is 1. The molecule has 2 amide bonds. The Labute approximate surface area is 273 Å². The Morgan fingerprint density at radius 1 is 1.06 bits per heavy atom. The zero-order valence-electron chi connectivity index (χ0n) is 26.8. The van der Waals surface area contributed by atoms with Gasteiger partial charge in [-0.15, -0.1) is 0 Å². The Morgan fingerprint density at radius 2 is 1.87 bits per heavy atom. The van der Waals surface area contributed by atoms with Crippen molar-refractivity contribution in [3.63, 3.8) is 0 Å². The number of hydrogen-bond acceptors (Lipinski definition) is 7. The van der Waals surface area contributed by atoms with Crippen LogP contribution in [0.1, 0.15) is 54.2 Å². The zero-order valence-corrected chi connectivity index (χ0v) is 26.8. The van der Waals surface area contributed by atoms with Crippen LogP contribution in [-0.2, 0) is 6.42 Å². The van der Waals surface area contributed by atoms with Gasteiger partial charge in [0.1, 0.15) is 23.6 Å². The van der Waals surface area contributed by atoms with Crippen LogP contribution in [0.4, 0.5) is 25.1 Å². The average Bonchev–Trinajstić information content (AvgIpc) is 3.63. The largest absolute Gasteiger partial charge is 0.497 e. The number of ketones is 1. The second kappa shape index (κ2) is 14.0. The van der Waals surface area contributed by atoms with Crippen LogP contribution in [-0.4, -0.2) is 94.9 Å². The van der Waals surface area contributed by atoms with Gasteiger partial charge in [-0.3, -0.25) is 9.69 Å². The number of nitrogens with zero attached hydrogens (tertiary/aromatic N) is 5. The lowest BCUT2D eigenvalue weighted by molar-refractivity contribution is 0.0123. The summed E-state index contributed by atoms with van der Waals surface area (Å²) in [5, 5.41) is 3.95. The number of methoxy groups -OCH3 is 1. The van der Waals surface area contributed by atoms with Crippen molar-refractivity contribution >= 4 is 34.2 Å². The van der Waals surface area contributed by atoms with Crippen molar-refractivity contribution in [1.82, 2.24) is 24.8 Å². The van der Waals surface area contributed by atoms with Gasteiger partial charge < -0.3 is 24.8 Å². The molecule has 0 aliphatic carbocycles. The molecule has 7 rings (SSSR count). The van der Waals surface area contributed by atoms with E-state index in [0.717, 1.165) is 79.0 Å². The van der Waals surface area contributed by atoms with Crippen LogP contribution in [0.25, 0.3) is 10.9 Å². The molecular formula is C35H41F2N7O3. The number of benzene rings is 2. The molecule has 4 aromatic rings. The number of carbonyl (C=O) groups excluding carboxylic acids is 2. The van der Waals surface area contributed by atoms with Crippen LogP contribution < -0.4 is 15.0 Å². The fourth-order valence-electron chi connectivity index (χ4n) is 6.67. The van der Waals surface area contributed by atoms with E-state index in [4.69, 9.17) is 4.74 Å². The molecule has 0 saturated carbocycles. The van der Waals surface area contributed by atoms with Gasteiger partial charge in [0.25, 0.3) is 5.92 Å². The van der Waals surface area contributed by atoms with Gasteiger partial charge in [0.15, 0.2) is 0 Å². The molecule has 0 spiro atoms. The Kier molecular flexibility index (Phi) is 9.67. The topological polar surface area (TPSA) is 107 Å². The third-order valence-corrected chi connectivity index (χ3v) is 9.17. The number of halogens is 2. The van der Waals surface area contributed by atoms with Crippen molar-refractivity contribution < 1.29 is 23.1 Å². The number of urea groups is 1. The Balaban J connectivity index is 0.000000332. The summed E-state index contributed by atoms with van der Waals surface area (Å²) in [4.78, 5) is 44.1. The van der Waals surface area contributed by atoms with Crippen molar-refractivity contribution in [2.75, 3.05) is 56.6 Å². The third kappa shape index (κ3) is 7.38. The zero-order chi connectivity index (χ0) is 33.0. The molecule has 10 nitrogen and oxygen atoms in total. The summed E-state index contributed by atoms with van der Waals surface area (Å²) in [5.41, 5.74) is 3.82. The van der Waals surface area contributed by atoms with Gasteiger partial charge >= 0.3 is 6.03 Å². The number of ether oxygens (including phenoxy) is 1. The second-order valence-corrected chi connectivity index (χ2v) is 12.3. The molecule has 12 heteroatoms. The Bertz CT molecular complexity index is 1720. The summed E-state index contributed by atoms with van der Waals surface area (Å²) < 4.78 is 30.3. The van der Waals surface area contributed by atoms with Gasteiger partial charge in [0, 0.05) is 73.1 Å². The number of para-hydroxylation sites is 1. The van der Waals surface area contributed by atoms with E-state index in [-0.39, 0.29) is 30.8 Å². The highest BCUT2D eigenvalue weighted by atomic mass is 19.3. The standard InChI is InChI=1S/C28H28N6O3.C7H13F2N/c1-37-20-6-7-23-18(14-20)8-13-34(28(36)32-23)19-9-11-33(12-10-19)26-15-25(30-17-31-26)27(35)22-16-29-24-5-3-2-4-21(22)24;1-2-4-10-5-3-7(8,9)6-10/h2-7,14-17,19,29H,8-13H2,1H3,(H,32,36);2-6H2,1H3. The monoisotopic (exact) mass is 645 g/mol. The highest BCUT2D eigenvalue weighted by Gasteiger charge is 2.37. The predicted octanol–water partition coefficient (Wildman–Crippen LogP) is 5.99. The van der Waals surface area contributed by atoms with Gasteiger partial charge in [-0.2, -0.15) is 0 Å². The Hall–Kier alpha value is -4.58. The number of aromatic nitrogens is 3. The van der Waals surface area contributed by atoms with Crippen LogP contribution in [0.2, 0.25) is 0 Å². The first kappa shape index (κ1) is 32.4. The first-order chi connectivity index (χ1) is 22.7. The van der Waals surface area contributed by atoms with E-state index < -0.39 is 5.92 Å². The van der Waals surface area contributed by atoms with E-state index in [9.17, 15) is 18.4 Å².